The van der Waals surface area contributed by atoms with Crippen molar-refractivity contribution in [1.82, 2.24) is 4.98 Å². The second-order valence-electron chi connectivity index (χ2n) is 2.80. The smallest absolute Gasteiger partial charge is 0.505 e. The number of carboxylic acids is 1. The van der Waals surface area contributed by atoms with Crippen molar-refractivity contribution in [2.45, 2.75) is 13.3 Å². The van der Waals surface area contributed by atoms with Crippen molar-refractivity contribution >= 4 is 5.97 Å². The van der Waals surface area contributed by atoms with Crippen molar-refractivity contribution in [2.24, 2.45) is 0 Å². The monoisotopic (exact) mass is 237 g/mol. The average molecular weight is 237 g/mol. The van der Waals surface area contributed by atoms with Crippen molar-refractivity contribution in [3.8, 4) is 11.5 Å². The number of hydrogen-bond acceptors (Lipinski definition) is 4. The summed E-state index contributed by atoms with van der Waals surface area (Å²) in [5.41, 5.74) is -1.07. The third-order valence-corrected chi connectivity index (χ3v) is 1.69. The van der Waals surface area contributed by atoms with Crippen LogP contribution in [-0.2, 0) is 0 Å². The maximum atomic E-state index is 11.9. The van der Waals surface area contributed by atoms with E-state index >= 15 is 0 Å². The molecule has 0 aliphatic heterocycles. The van der Waals surface area contributed by atoms with Crippen molar-refractivity contribution < 1.29 is 32.9 Å². The minimum absolute atomic E-state index is 0.343. The van der Waals surface area contributed by atoms with Gasteiger partial charge in [0, 0.05) is 5.56 Å². The van der Waals surface area contributed by atoms with Gasteiger partial charge in [-0.15, -0.1) is 13.2 Å². The lowest BCUT2D eigenvalue weighted by atomic mass is 10.2. The summed E-state index contributed by atoms with van der Waals surface area (Å²) in [6, 6.07) is 0. The zero-order chi connectivity index (χ0) is 12.5. The second kappa shape index (κ2) is 3.87. The summed E-state index contributed by atoms with van der Waals surface area (Å²) >= 11 is 0. The van der Waals surface area contributed by atoms with Crippen molar-refractivity contribution in [3.05, 3.63) is 17.5 Å². The van der Waals surface area contributed by atoms with E-state index in [1.807, 2.05) is 0 Å². The number of ether oxygens (including phenoxy) is 1. The van der Waals surface area contributed by atoms with Crippen LogP contribution < -0.4 is 4.74 Å². The summed E-state index contributed by atoms with van der Waals surface area (Å²) in [4.78, 5) is 13.6. The predicted octanol–water partition coefficient (Wildman–Crippen LogP) is 1.69. The first-order chi connectivity index (χ1) is 7.22. The fourth-order valence-corrected chi connectivity index (χ4v) is 0.960. The number of aromatic nitrogens is 1. The lowest BCUT2D eigenvalue weighted by Crippen LogP contribution is -2.18. The molecule has 0 fully saturated rings. The number of hydrogen-bond donors (Lipinski definition) is 2. The van der Waals surface area contributed by atoms with Gasteiger partial charge in [0.05, 0.1) is 6.20 Å². The topological polar surface area (TPSA) is 79.7 Å². The van der Waals surface area contributed by atoms with E-state index in [9.17, 15) is 23.1 Å². The van der Waals surface area contributed by atoms with E-state index < -0.39 is 29.5 Å². The van der Waals surface area contributed by atoms with Crippen LogP contribution in [-0.4, -0.2) is 27.5 Å². The Morgan fingerprint density at radius 1 is 1.50 bits per heavy atom. The van der Waals surface area contributed by atoms with Crippen LogP contribution in [0.25, 0.3) is 0 Å². The number of alkyl halides is 3. The second-order valence-corrected chi connectivity index (χ2v) is 2.80. The highest BCUT2D eigenvalue weighted by atomic mass is 19.4. The van der Waals surface area contributed by atoms with Gasteiger partial charge in [0.1, 0.15) is 0 Å². The maximum absolute atomic E-state index is 11.9. The highest BCUT2D eigenvalue weighted by Gasteiger charge is 2.33. The normalized spacial score (nSPS) is 11.2. The van der Waals surface area contributed by atoms with Crippen LogP contribution in [0.5, 0.6) is 11.5 Å². The van der Waals surface area contributed by atoms with E-state index in [1.165, 1.54) is 0 Å². The van der Waals surface area contributed by atoms with E-state index in [0.717, 1.165) is 6.92 Å². The van der Waals surface area contributed by atoms with Crippen LogP contribution in [0.2, 0.25) is 0 Å². The molecule has 0 aromatic carbocycles. The standard InChI is InChI=1S/C8H6F3NO4/c1-3-4(16-8(9,10)11)2-12-5(6(3)13)7(14)15/h2,13H,1H3,(H,14,15). The van der Waals surface area contributed by atoms with Crippen LogP contribution in [0.15, 0.2) is 6.20 Å². The number of halogens is 3. The van der Waals surface area contributed by atoms with Crippen LogP contribution in [0, 0.1) is 6.92 Å². The summed E-state index contributed by atoms with van der Waals surface area (Å²) in [5, 5.41) is 17.8. The van der Waals surface area contributed by atoms with Crippen LogP contribution in [0.1, 0.15) is 16.1 Å². The van der Waals surface area contributed by atoms with E-state index in [2.05, 4.69) is 9.72 Å². The van der Waals surface area contributed by atoms with Crippen molar-refractivity contribution in [3.63, 3.8) is 0 Å². The number of nitrogens with zero attached hydrogens (tertiary/aromatic N) is 1. The maximum Gasteiger partial charge on any atom is 0.573 e. The van der Waals surface area contributed by atoms with Gasteiger partial charge in [-0.2, -0.15) is 0 Å². The zero-order valence-corrected chi connectivity index (χ0v) is 7.87. The molecule has 2 N–H and O–H groups in total. The highest BCUT2D eigenvalue weighted by Crippen LogP contribution is 2.32. The van der Waals surface area contributed by atoms with Crippen LogP contribution >= 0.6 is 0 Å². The summed E-state index contributed by atoms with van der Waals surface area (Å²) < 4.78 is 39.1. The fraction of sp³-hybridized carbons (Fsp3) is 0.250. The number of pyridine rings is 1. The molecular weight excluding hydrogens is 231 g/mol. The quantitative estimate of drug-likeness (QED) is 0.818. The molecule has 1 aromatic rings. The summed E-state index contributed by atoms with van der Waals surface area (Å²) in [5.74, 6) is -3.14. The molecule has 1 heterocycles. The van der Waals surface area contributed by atoms with E-state index in [4.69, 9.17) is 5.11 Å². The van der Waals surface area contributed by atoms with Gasteiger partial charge < -0.3 is 14.9 Å². The van der Waals surface area contributed by atoms with E-state index in [1.54, 1.807) is 0 Å². The Kier molecular flexibility index (Phi) is 2.92. The molecule has 1 aromatic heterocycles. The summed E-state index contributed by atoms with van der Waals surface area (Å²) in [6.07, 6.45) is -4.34. The molecular formula is C8H6F3NO4. The third kappa shape index (κ3) is 2.53. The average Bonchev–Trinajstić information content (AvgIpc) is 2.10. The predicted molar refractivity (Wildman–Crippen MR) is 44.3 cm³/mol. The van der Waals surface area contributed by atoms with Crippen LogP contribution in [0.3, 0.4) is 0 Å². The van der Waals surface area contributed by atoms with E-state index in [0.29, 0.717) is 6.20 Å². The Morgan fingerprint density at radius 3 is 2.50 bits per heavy atom. The molecule has 0 amide bonds. The molecule has 0 aliphatic carbocycles. The first-order valence-corrected chi connectivity index (χ1v) is 3.90. The molecule has 0 radical (unpaired) electrons. The first kappa shape index (κ1) is 12.1. The Balaban J connectivity index is 3.17. The minimum Gasteiger partial charge on any atom is -0.505 e. The molecule has 0 spiro atoms. The molecule has 8 heteroatoms. The molecule has 16 heavy (non-hydrogen) atoms. The number of aromatic carboxylic acids is 1. The molecule has 0 saturated carbocycles. The third-order valence-electron chi connectivity index (χ3n) is 1.69. The summed E-state index contributed by atoms with van der Waals surface area (Å²) in [7, 11) is 0. The molecule has 5 nitrogen and oxygen atoms in total. The molecule has 1 rings (SSSR count). The minimum atomic E-state index is -4.93. The molecule has 0 unspecified atom stereocenters. The zero-order valence-electron chi connectivity index (χ0n) is 7.87. The van der Waals surface area contributed by atoms with Gasteiger partial charge >= 0.3 is 12.3 Å². The van der Waals surface area contributed by atoms with Crippen molar-refractivity contribution in [2.75, 3.05) is 0 Å². The number of carbonyl (C=O) groups is 1. The van der Waals surface area contributed by atoms with Crippen molar-refractivity contribution in [1.29, 1.82) is 0 Å². The highest BCUT2D eigenvalue weighted by molar-refractivity contribution is 5.89. The largest absolute Gasteiger partial charge is 0.573 e. The Labute approximate surface area is 87.1 Å². The molecule has 0 atom stereocenters. The Hall–Kier alpha value is -1.99. The summed E-state index contributed by atoms with van der Waals surface area (Å²) in [6.45, 7) is 1.09. The molecule has 88 valence electrons. The van der Waals surface area contributed by atoms with Gasteiger partial charge in [-0.25, -0.2) is 9.78 Å². The lowest BCUT2D eigenvalue weighted by molar-refractivity contribution is -0.275. The lowest BCUT2D eigenvalue weighted by Gasteiger charge is -2.12. The van der Waals surface area contributed by atoms with Gasteiger partial charge in [-0.3, -0.25) is 0 Å². The number of rotatable bonds is 2. The molecule has 0 aliphatic rings. The SMILES string of the molecule is Cc1c(OC(F)(F)F)cnc(C(=O)O)c1O. The first-order valence-electron chi connectivity index (χ1n) is 3.90. The number of aromatic hydroxyl groups is 1. The molecule has 0 bridgehead atoms. The fourth-order valence-electron chi connectivity index (χ4n) is 0.960. The van der Waals surface area contributed by atoms with Crippen LogP contribution in [0.4, 0.5) is 13.2 Å². The Bertz CT molecular complexity index is 430. The van der Waals surface area contributed by atoms with Gasteiger partial charge in [-0.1, -0.05) is 0 Å². The van der Waals surface area contributed by atoms with Gasteiger partial charge in [0.2, 0.25) is 0 Å². The van der Waals surface area contributed by atoms with Gasteiger partial charge in [0.25, 0.3) is 0 Å². The van der Waals surface area contributed by atoms with Gasteiger partial charge in [-0.05, 0) is 6.92 Å². The van der Waals surface area contributed by atoms with E-state index in [-0.39, 0.29) is 5.56 Å². The number of carboxylic acid groups (broad SMARTS) is 1. The Morgan fingerprint density at radius 2 is 2.06 bits per heavy atom. The van der Waals surface area contributed by atoms with Gasteiger partial charge in [0.15, 0.2) is 17.2 Å². The molecule has 0 saturated heterocycles.